The average Bonchev–Trinajstić information content (AvgIpc) is 3.76. The standard InChI is InChI=1S/C18H16F4N4O2.C17H13BrF4N4O.CH4O.2CH4/c1-10-5-11(28-12-6-17(19,20)7-12)3-4-13(10)14-9-26-15(8-23-14)24-25-16(26)18(21,22)27-2;1-9-4-10(27-11-5-16(19,20)6-11)2-3-12(9)13-8-26-14(7-23-13)24-25-15(26)17(18,21)22;1-2;;/h3-5,8-9,12H,6-7H2,1-2H3;2-4,7-8,11H,5-6H2,1H3;2H,1H3;2*1H4. The molecule has 0 spiro atoms. The Kier molecular flexibility index (Phi) is 14.0. The first kappa shape index (κ1) is 46.7. The van der Waals surface area contributed by atoms with Crippen LogP contribution in [0.1, 0.15) is 63.3 Å². The van der Waals surface area contributed by atoms with Crippen molar-refractivity contribution >= 4 is 27.2 Å². The third kappa shape index (κ3) is 10.2. The molecular weight excluding hydrogens is 864 g/mol. The van der Waals surface area contributed by atoms with Crippen molar-refractivity contribution in [2.75, 3.05) is 14.2 Å². The van der Waals surface area contributed by atoms with Crippen molar-refractivity contribution in [2.24, 2.45) is 0 Å². The molecule has 21 heteroatoms. The highest BCUT2D eigenvalue weighted by Crippen LogP contribution is 2.42. The van der Waals surface area contributed by atoms with Gasteiger partial charge in [0.15, 0.2) is 11.3 Å². The van der Waals surface area contributed by atoms with Crippen molar-refractivity contribution in [1.29, 1.82) is 0 Å². The number of aromatic nitrogens is 8. The van der Waals surface area contributed by atoms with Gasteiger partial charge in [-0.05, 0) is 77.3 Å². The van der Waals surface area contributed by atoms with Crippen LogP contribution in [0.15, 0.2) is 61.2 Å². The summed E-state index contributed by atoms with van der Waals surface area (Å²) in [5.74, 6) is -5.55. The number of rotatable bonds is 9. The summed E-state index contributed by atoms with van der Waals surface area (Å²) in [6.07, 6.45) is -0.273. The molecule has 1 N–H and O–H groups in total. The molecule has 59 heavy (non-hydrogen) atoms. The van der Waals surface area contributed by atoms with Gasteiger partial charge in [0.1, 0.15) is 23.7 Å². The number of hydrogen-bond donors (Lipinski definition) is 1. The molecular formula is C38H41BrF8N8O4. The van der Waals surface area contributed by atoms with Gasteiger partial charge >= 0.3 is 10.9 Å². The van der Waals surface area contributed by atoms with Gasteiger partial charge in [-0.2, -0.15) is 17.6 Å². The molecule has 2 aromatic carbocycles. The van der Waals surface area contributed by atoms with Crippen LogP contribution >= 0.6 is 15.9 Å². The Labute approximate surface area is 341 Å². The molecule has 0 bridgehead atoms. The number of aliphatic hydroxyl groups is 1. The number of aliphatic hydroxyl groups excluding tert-OH is 1. The fraction of sp³-hybridized carbons (Fsp3) is 0.421. The summed E-state index contributed by atoms with van der Waals surface area (Å²) >= 11 is 2.29. The van der Waals surface area contributed by atoms with Crippen LogP contribution in [-0.4, -0.2) is 82.5 Å². The quantitative estimate of drug-likeness (QED) is 0.110. The maximum Gasteiger partial charge on any atom is 0.417 e. The van der Waals surface area contributed by atoms with Gasteiger partial charge in [-0.1, -0.05) is 14.9 Å². The van der Waals surface area contributed by atoms with Gasteiger partial charge in [0, 0.05) is 63.4 Å². The average molecular weight is 906 g/mol. The van der Waals surface area contributed by atoms with Crippen LogP contribution in [0.5, 0.6) is 11.5 Å². The van der Waals surface area contributed by atoms with Crippen LogP contribution in [0.25, 0.3) is 33.8 Å². The highest BCUT2D eigenvalue weighted by molar-refractivity contribution is 9.09. The zero-order chi connectivity index (χ0) is 41.5. The molecule has 2 fully saturated rings. The third-order valence-electron chi connectivity index (χ3n) is 9.01. The summed E-state index contributed by atoms with van der Waals surface area (Å²) in [5, 5.41) is 21.3. The summed E-state index contributed by atoms with van der Waals surface area (Å²) in [6.45, 7) is 3.59. The Morgan fingerprint density at radius 3 is 1.42 bits per heavy atom. The molecule has 12 nitrogen and oxygen atoms in total. The smallest absolute Gasteiger partial charge is 0.417 e. The van der Waals surface area contributed by atoms with E-state index in [0.717, 1.165) is 34.1 Å². The minimum Gasteiger partial charge on any atom is -0.490 e. The van der Waals surface area contributed by atoms with Crippen LogP contribution < -0.4 is 9.47 Å². The number of halogens is 9. The van der Waals surface area contributed by atoms with Crippen LogP contribution in [0, 0.1) is 13.8 Å². The fourth-order valence-corrected chi connectivity index (χ4v) is 6.39. The lowest BCUT2D eigenvalue weighted by atomic mass is 9.91. The van der Waals surface area contributed by atoms with E-state index in [1.165, 1.54) is 24.8 Å². The van der Waals surface area contributed by atoms with E-state index in [9.17, 15) is 35.1 Å². The molecule has 320 valence electrons. The van der Waals surface area contributed by atoms with Crippen LogP contribution in [-0.2, 0) is 15.7 Å². The summed E-state index contributed by atoms with van der Waals surface area (Å²) in [5.41, 5.74) is 4.10. The predicted octanol–water partition coefficient (Wildman–Crippen LogP) is 9.57. The zero-order valence-corrected chi connectivity index (χ0v) is 32.0. The summed E-state index contributed by atoms with van der Waals surface area (Å²) in [6, 6.07) is 10.1. The molecule has 4 aromatic heterocycles. The molecule has 8 rings (SSSR count). The monoisotopic (exact) mass is 904 g/mol. The zero-order valence-electron chi connectivity index (χ0n) is 30.4. The number of alkyl halides is 9. The van der Waals surface area contributed by atoms with Crippen LogP contribution in [0.4, 0.5) is 35.1 Å². The maximum absolute atomic E-state index is 13.9. The van der Waals surface area contributed by atoms with E-state index in [2.05, 4.69) is 51.0 Å². The van der Waals surface area contributed by atoms with Crippen molar-refractivity contribution in [1.82, 2.24) is 39.2 Å². The lowest BCUT2D eigenvalue weighted by Crippen LogP contribution is -2.43. The van der Waals surface area contributed by atoms with E-state index in [-0.39, 0.29) is 51.8 Å². The van der Waals surface area contributed by atoms with E-state index in [4.69, 9.17) is 14.6 Å². The normalized spacial score (nSPS) is 16.0. The predicted molar refractivity (Wildman–Crippen MR) is 204 cm³/mol. The molecule has 0 atom stereocenters. The Morgan fingerprint density at radius 1 is 0.678 bits per heavy atom. The first-order valence-electron chi connectivity index (χ1n) is 17.0. The number of aryl methyl sites for hydroxylation is 2. The number of hydrogen-bond acceptors (Lipinski definition) is 10. The number of ether oxygens (including phenoxy) is 3. The van der Waals surface area contributed by atoms with Gasteiger partial charge in [-0.15, -0.1) is 20.4 Å². The first-order chi connectivity index (χ1) is 26.8. The lowest BCUT2D eigenvalue weighted by molar-refractivity contribution is -0.237. The van der Waals surface area contributed by atoms with Crippen molar-refractivity contribution < 1.29 is 54.4 Å². The Balaban J connectivity index is 0.000000242. The SMILES string of the molecule is C.C.CO.COC(F)(F)c1nnc2cnc(-c3ccc(OC4CC(F)(F)C4)cc3C)cn12.Cc1cc(OC2CC(F)(F)C2)ccc1-c1cn2c(C(F)(F)Br)nnc2cn1. The highest BCUT2D eigenvalue weighted by Gasteiger charge is 2.48. The second-order valence-electron chi connectivity index (χ2n) is 13.2. The number of nitrogens with zero attached hydrogens (tertiary/aromatic N) is 8. The molecule has 6 aromatic rings. The topological polar surface area (TPSA) is 134 Å². The van der Waals surface area contributed by atoms with Gasteiger partial charge in [-0.25, -0.2) is 17.6 Å². The molecule has 0 radical (unpaired) electrons. The second kappa shape index (κ2) is 17.7. The molecule has 2 saturated carbocycles. The fourth-order valence-electron chi connectivity index (χ4n) is 6.12. The minimum absolute atomic E-state index is 0. The van der Waals surface area contributed by atoms with E-state index < -0.39 is 46.6 Å². The Bertz CT molecular complexity index is 2380. The minimum atomic E-state index is -3.60. The molecule has 0 saturated heterocycles. The third-order valence-corrected chi connectivity index (χ3v) is 9.37. The molecule has 2 aliphatic carbocycles. The van der Waals surface area contributed by atoms with Crippen molar-refractivity contribution in [3.63, 3.8) is 0 Å². The summed E-state index contributed by atoms with van der Waals surface area (Å²) < 4.78 is 124. The van der Waals surface area contributed by atoms with Crippen LogP contribution in [0.2, 0.25) is 0 Å². The molecule has 0 unspecified atom stereocenters. The Hall–Kier alpha value is -5.02. The van der Waals surface area contributed by atoms with Gasteiger partial charge < -0.3 is 19.3 Å². The van der Waals surface area contributed by atoms with E-state index in [1.807, 2.05) is 0 Å². The number of fused-ring (bicyclic) bond motifs is 2. The van der Waals surface area contributed by atoms with Crippen LogP contribution in [0.3, 0.4) is 0 Å². The van der Waals surface area contributed by atoms with E-state index in [1.54, 1.807) is 50.2 Å². The number of methoxy groups -OCH3 is 1. The Morgan fingerprint density at radius 2 is 1.07 bits per heavy atom. The summed E-state index contributed by atoms with van der Waals surface area (Å²) in [4.78, 5) is 5.16. The van der Waals surface area contributed by atoms with Crippen molar-refractivity contribution in [2.45, 2.75) is 89.4 Å². The van der Waals surface area contributed by atoms with Gasteiger partial charge in [0.25, 0.3) is 11.8 Å². The maximum atomic E-state index is 13.9. The van der Waals surface area contributed by atoms with E-state index >= 15 is 0 Å². The van der Waals surface area contributed by atoms with Gasteiger partial charge in [0.2, 0.25) is 11.6 Å². The molecule has 4 heterocycles. The number of benzene rings is 2. The van der Waals surface area contributed by atoms with Gasteiger partial charge in [0.05, 0.1) is 23.8 Å². The highest BCUT2D eigenvalue weighted by atomic mass is 79.9. The van der Waals surface area contributed by atoms with Crippen molar-refractivity contribution in [3.05, 3.63) is 84.0 Å². The molecule has 2 aliphatic rings. The van der Waals surface area contributed by atoms with Crippen molar-refractivity contribution in [3.8, 4) is 34.0 Å². The lowest BCUT2D eigenvalue weighted by Gasteiger charge is -2.34. The largest absolute Gasteiger partial charge is 0.490 e. The molecule has 0 aliphatic heterocycles. The molecule has 0 amide bonds. The van der Waals surface area contributed by atoms with E-state index in [0.29, 0.717) is 34.0 Å². The first-order valence-corrected chi connectivity index (χ1v) is 17.8. The second-order valence-corrected chi connectivity index (χ2v) is 14.2. The summed E-state index contributed by atoms with van der Waals surface area (Å²) in [7, 11) is 1.88. The van der Waals surface area contributed by atoms with Gasteiger partial charge in [-0.3, -0.25) is 18.8 Å².